The predicted molar refractivity (Wildman–Crippen MR) is 102 cm³/mol. The van der Waals surface area contributed by atoms with Crippen molar-refractivity contribution in [2.75, 3.05) is 4.72 Å². The van der Waals surface area contributed by atoms with Crippen molar-refractivity contribution in [3.63, 3.8) is 0 Å². The van der Waals surface area contributed by atoms with E-state index in [1.807, 2.05) is 0 Å². The Hall–Kier alpha value is -3.40. The van der Waals surface area contributed by atoms with Crippen LogP contribution in [0.3, 0.4) is 0 Å². The van der Waals surface area contributed by atoms with Crippen molar-refractivity contribution in [1.29, 1.82) is 0 Å². The van der Waals surface area contributed by atoms with Crippen LogP contribution in [0.5, 0.6) is 0 Å². The van der Waals surface area contributed by atoms with Crippen molar-refractivity contribution in [2.45, 2.75) is 11.1 Å². The van der Waals surface area contributed by atoms with Crippen LogP contribution in [0.15, 0.2) is 71.8 Å². The van der Waals surface area contributed by atoms with Crippen LogP contribution in [0.1, 0.15) is 5.56 Å². The fourth-order valence-corrected chi connectivity index (χ4v) is 3.83. The van der Waals surface area contributed by atoms with Gasteiger partial charge in [0, 0.05) is 11.9 Å². The Morgan fingerprint density at radius 1 is 0.966 bits per heavy atom. The van der Waals surface area contributed by atoms with Crippen LogP contribution in [0.2, 0.25) is 0 Å². The molecular formula is C19H13F3N4O2S. The highest BCUT2D eigenvalue weighted by Crippen LogP contribution is 2.31. The zero-order chi connectivity index (χ0) is 20.6. The highest BCUT2D eigenvalue weighted by atomic mass is 32.2. The number of anilines is 1. The van der Waals surface area contributed by atoms with Crippen molar-refractivity contribution < 1.29 is 21.6 Å². The topological polar surface area (TPSA) is 87.7 Å². The molecule has 6 nitrogen and oxygen atoms in total. The number of nitrogens with one attached hydrogen (secondary N) is 2. The second-order valence-corrected chi connectivity index (χ2v) is 7.85. The lowest BCUT2D eigenvalue weighted by Gasteiger charge is -2.11. The van der Waals surface area contributed by atoms with E-state index in [1.54, 1.807) is 24.4 Å². The number of sulfonamides is 1. The summed E-state index contributed by atoms with van der Waals surface area (Å²) in [7, 11) is -4.10. The van der Waals surface area contributed by atoms with Gasteiger partial charge < -0.3 is 4.98 Å². The van der Waals surface area contributed by atoms with E-state index in [9.17, 15) is 21.6 Å². The van der Waals surface area contributed by atoms with E-state index in [0.29, 0.717) is 22.6 Å². The normalized spacial score (nSPS) is 12.2. The maximum Gasteiger partial charge on any atom is 0.416 e. The lowest BCUT2D eigenvalue weighted by molar-refractivity contribution is -0.137. The number of hydrogen-bond acceptors (Lipinski definition) is 4. The summed E-state index contributed by atoms with van der Waals surface area (Å²) in [5.74, 6) is 0.473. The number of nitrogens with zero attached hydrogens (tertiary/aromatic N) is 2. The zero-order valence-corrected chi connectivity index (χ0v) is 15.4. The van der Waals surface area contributed by atoms with E-state index in [2.05, 4.69) is 19.7 Å². The van der Waals surface area contributed by atoms with Crippen molar-refractivity contribution >= 4 is 26.7 Å². The summed E-state index contributed by atoms with van der Waals surface area (Å²) in [6.45, 7) is 0. The molecule has 10 heteroatoms. The fraction of sp³-hybridized carbons (Fsp3) is 0.0526. The Kier molecular flexibility index (Phi) is 4.50. The number of benzene rings is 2. The van der Waals surface area contributed by atoms with Crippen molar-refractivity contribution in [3.8, 4) is 11.5 Å². The predicted octanol–water partition coefficient (Wildman–Crippen LogP) is 4.44. The van der Waals surface area contributed by atoms with Gasteiger partial charge in [-0.3, -0.25) is 9.71 Å². The van der Waals surface area contributed by atoms with Crippen LogP contribution in [-0.2, 0) is 16.2 Å². The number of H-pyrrole nitrogens is 1. The fourth-order valence-electron chi connectivity index (χ4n) is 2.75. The van der Waals surface area contributed by atoms with Gasteiger partial charge in [-0.1, -0.05) is 12.1 Å². The van der Waals surface area contributed by atoms with E-state index < -0.39 is 21.8 Å². The molecule has 0 saturated heterocycles. The van der Waals surface area contributed by atoms with Crippen LogP contribution in [0.4, 0.5) is 18.9 Å². The third-order valence-corrected chi connectivity index (χ3v) is 5.49. The molecule has 0 saturated carbocycles. The Morgan fingerprint density at radius 2 is 1.79 bits per heavy atom. The Labute approximate surface area is 163 Å². The van der Waals surface area contributed by atoms with Crippen molar-refractivity contribution in [1.82, 2.24) is 15.0 Å². The molecule has 0 unspecified atom stereocenters. The number of pyridine rings is 1. The first-order chi connectivity index (χ1) is 13.7. The number of alkyl halides is 3. The first kappa shape index (κ1) is 18.9. The summed E-state index contributed by atoms with van der Waals surface area (Å²) in [6.07, 6.45) is -2.96. The minimum atomic E-state index is -4.57. The monoisotopic (exact) mass is 418 g/mol. The van der Waals surface area contributed by atoms with Gasteiger partial charge in [0.15, 0.2) is 5.82 Å². The lowest BCUT2D eigenvalue weighted by Crippen LogP contribution is -2.14. The molecule has 2 aromatic heterocycles. The number of aromatic nitrogens is 3. The third-order valence-electron chi connectivity index (χ3n) is 4.11. The number of aromatic amines is 1. The van der Waals surface area contributed by atoms with Gasteiger partial charge in [-0.25, -0.2) is 13.4 Å². The van der Waals surface area contributed by atoms with Gasteiger partial charge in [0.1, 0.15) is 5.69 Å². The number of halogens is 3. The molecule has 29 heavy (non-hydrogen) atoms. The number of hydrogen-bond donors (Lipinski definition) is 2. The van der Waals surface area contributed by atoms with Crippen LogP contribution < -0.4 is 4.72 Å². The summed E-state index contributed by atoms with van der Waals surface area (Å²) in [4.78, 5) is 11.4. The molecule has 0 aliphatic heterocycles. The Balaban J connectivity index is 1.67. The molecule has 148 valence electrons. The van der Waals surface area contributed by atoms with Gasteiger partial charge in [0.05, 0.1) is 21.5 Å². The molecule has 0 spiro atoms. The van der Waals surface area contributed by atoms with E-state index in [0.717, 1.165) is 18.2 Å². The molecule has 0 radical (unpaired) electrons. The minimum Gasteiger partial charge on any atom is -0.337 e. The van der Waals surface area contributed by atoms with Gasteiger partial charge in [-0.15, -0.1) is 0 Å². The van der Waals surface area contributed by atoms with Crippen LogP contribution in [-0.4, -0.2) is 23.4 Å². The number of rotatable bonds is 4. The second kappa shape index (κ2) is 6.89. The van der Waals surface area contributed by atoms with Crippen molar-refractivity contribution in [2.24, 2.45) is 0 Å². The van der Waals surface area contributed by atoms with Crippen LogP contribution in [0.25, 0.3) is 22.6 Å². The average Bonchev–Trinajstić information content (AvgIpc) is 3.11. The molecule has 4 rings (SSSR count). The highest BCUT2D eigenvalue weighted by molar-refractivity contribution is 7.92. The molecule has 0 amide bonds. The Bertz CT molecular complexity index is 1290. The molecule has 0 aliphatic rings. The third kappa shape index (κ3) is 3.92. The van der Waals surface area contributed by atoms with Crippen LogP contribution in [0, 0.1) is 0 Å². The first-order valence-electron chi connectivity index (χ1n) is 8.34. The quantitative estimate of drug-likeness (QED) is 0.513. The summed E-state index contributed by atoms with van der Waals surface area (Å²) in [6, 6.07) is 13.5. The lowest BCUT2D eigenvalue weighted by atomic mass is 10.2. The minimum absolute atomic E-state index is 0.112. The summed E-state index contributed by atoms with van der Waals surface area (Å²) in [5, 5.41) is 0. The van der Waals surface area contributed by atoms with E-state index >= 15 is 0 Å². The molecule has 2 aromatic carbocycles. The number of fused-ring (bicyclic) bond motifs is 1. The van der Waals surface area contributed by atoms with Gasteiger partial charge in [-0.05, 0) is 48.5 Å². The highest BCUT2D eigenvalue weighted by Gasteiger charge is 2.30. The van der Waals surface area contributed by atoms with E-state index in [-0.39, 0.29) is 10.6 Å². The molecule has 2 heterocycles. The Morgan fingerprint density at radius 3 is 2.52 bits per heavy atom. The first-order valence-corrected chi connectivity index (χ1v) is 9.82. The number of imidazole rings is 1. The molecule has 0 fully saturated rings. The SMILES string of the molecule is O=S(=O)(Nc1cccc(C(F)(F)F)c1)c1ccc2nc(-c3ccccn3)[nH]c2c1. The average molecular weight is 418 g/mol. The summed E-state index contributed by atoms with van der Waals surface area (Å²) >= 11 is 0. The largest absolute Gasteiger partial charge is 0.416 e. The molecule has 2 N–H and O–H groups in total. The van der Waals surface area contributed by atoms with E-state index in [4.69, 9.17) is 0 Å². The van der Waals surface area contributed by atoms with Crippen LogP contribution >= 0.6 is 0 Å². The standard InChI is InChI=1S/C19H13F3N4O2S/c20-19(21,22)12-4-3-5-13(10-12)26-29(27,28)14-7-8-15-17(11-14)25-18(24-15)16-6-1-2-9-23-16/h1-11,26H,(H,24,25). The molecule has 4 aromatic rings. The van der Waals surface area contributed by atoms with Gasteiger partial charge >= 0.3 is 6.18 Å². The summed E-state index contributed by atoms with van der Waals surface area (Å²) < 4.78 is 66.0. The van der Waals surface area contributed by atoms with E-state index in [1.165, 1.54) is 24.3 Å². The maximum absolute atomic E-state index is 12.8. The molecular weight excluding hydrogens is 405 g/mol. The smallest absolute Gasteiger partial charge is 0.337 e. The molecule has 0 bridgehead atoms. The summed E-state index contributed by atoms with van der Waals surface area (Å²) in [5.41, 5.74) is 0.455. The van der Waals surface area contributed by atoms with Gasteiger partial charge in [0.25, 0.3) is 10.0 Å². The maximum atomic E-state index is 12.8. The molecule has 0 aliphatic carbocycles. The van der Waals surface area contributed by atoms with Gasteiger partial charge in [0.2, 0.25) is 0 Å². The van der Waals surface area contributed by atoms with Crippen molar-refractivity contribution in [3.05, 3.63) is 72.4 Å². The van der Waals surface area contributed by atoms with Gasteiger partial charge in [-0.2, -0.15) is 13.2 Å². The zero-order valence-electron chi connectivity index (χ0n) is 14.6. The molecule has 0 atom stereocenters. The second-order valence-electron chi connectivity index (χ2n) is 6.16.